The first kappa shape index (κ1) is 13.1. The summed E-state index contributed by atoms with van der Waals surface area (Å²) in [6.07, 6.45) is 0. The molecular weight excluding hydrogens is 229 g/mol. The Bertz CT molecular complexity index is 418. The Kier molecular flexibility index (Phi) is 4.17. The minimum absolute atomic E-state index is 0.336. The lowest BCUT2D eigenvalue weighted by atomic mass is 10.1. The molecular formula is C11H12FNO4. The van der Waals surface area contributed by atoms with Crippen molar-refractivity contribution in [1.82, 2.24) is 4.90 Å². The minimum atomic E-state index is -1.18. The molecule has 0 aliphatic heterocycles. The third-order valence-corrected chi connectivity index (χ3v) is 2.25. The Hall–Kier alpha value is -1.95. The van der Waals surface area contributed by atoms with Gasteiger partial charge in [-0.2, -0.15) is 0 Å². The van der Waals surface area contributed by atoms with E-state index in [1.807, 2.05) is 0 Å². The first-order valence-corrected chi connectivity index (χ1v) is 4.82. The van der Waals surface area contributed by atoms with Gasteiger partial charge in [0.1, 0.15) is 11.9 Å². The molecule has 0 amide bonds. The Morgan fingerprint density at radius 2 is 1.82 bits per heavy atom. The van der Waals surface area contributed by atoms with Gasteiger partial charge in [-0.1, -0.05) is 12.1 Å². The fraction of sp³-hybridized carbons (Fsp3) is 0.273. The van der Waals surface area contributed by atoms with E-state index in [9.17, 15) is 14.0 Å². The molecule has 92 valence electrons. The second-order valence-corrected chi connectivity index (χ2v) is 3.60. The summed E-state index contributed by atoms with van der Waals surface area (Å²) < 4.78 is 12.7. The highest BCUT2D eigenvalue weighted by Gasteiger charge is 2.25. The van der Waals surface area contributed by atoms with Crippen LogP contribution in [0.3, 0.4) is 0 Å². The summed E-state index contributed by atoms with van der Waals surface area (Å²) >= 11 is 0. The highest BCUT2D eigenvalue weighted by molar-refractivity contribution is 5.77. The van der Waals surface area contributed by atoms with Crippen LogP contribution in [0.1, 0.15) is 11.6 Å². The van der Waals surface area contributed by atoms with Gasteiger partial charge >= 0.3 is 11.9 Å². The summed E-state index contributed by atoms with van der Waals surface area (Å²) in [7, 11) is 1.39. The van der Waals surface area contributed by atoms with Gasteiger partial charge in [0.05, 0.1) is 6.54 Å². The van der Waals surface area contributed by atoms with Gasteiger partial charge in [0.2, 0.25) is 0 Å². The van der Waals surface area contributed by atoms with Crippen molar-refractivity contribution in [3.05, 3.63) is 35.6 Å². The van der Waals surface area contributed by atoms with Gasteiger partial charge in [-0.05, 0) is 24.7 Å². The SMILES string of the molecule is CN(CC(=O)O)C(C(=O)O)c1ccc(F)cc1. The van der Waals surface area contributed by atoms with E-state index >= 15 is 0 Å². The maximum absolute atomic E-state index is 12.7. The molecule has 0 saturated heterocycles. The molecule has 0 spiro atoms. The number of hydrogen-bond acceptors (Lipinski definition) is 3. The smallest absolute Gasteiger partial charge is 0.325 e. The maximum Gasteiger partial charge on any atom is 0.325 e. The molecule has 6 heteroatoms. The lowest BCUT2D eigenvalue weighted by Gasteiger charge is -2.23. The van der Waals surface area contributed by atoms with Gasteiger partial charge in [0.15, 0.2) is 0 Å². The van der Waals surface area contributed by atoms with Crippen LogP contribution in [0.2, 0.25) is 0 Å². The molecule has 2 N–H and O–H groups in total. The number of halogens is 1. The standard InChI is InChI=1S/C11H12FNO4/c1-13(6-9(14)15)10(11(16)17)7-2-4-8(12)5-3-7/h2-5,10H,6H2,1H3,(H,14,15)(H,16,17). The zero-order valence-electron chi connectivity index (χ0n) is 9.13. The third-order valence-electron chi connectivity index (χ3n) is 2.25. The van der Waals surface area contributed by atoms with E-state index in [1.165, 1.54) is 19.2 Å². The number of rotatable bonds is 5. The van der Waals surface area contributed by atoms with Crippen LogP contribution in [0, 0.1) is 5.82 Å². The minimum Gasteiger partial charge on any atom is -0.480 e. The average molecular weight is 241 g/mol. The molecule has 1 aromatic carbocycles. The van der Waals surface area contributed by atoms with Crippen LogP contribution in [-0.4, -0.2) is 40.6 Å². The normalized spacial score (nSPS) is 12.4. The van der Waals surface area contributed by atoms with Crippen molar-refractivity contribution in [3.8, 4) is 0 Å². The highest BCUT2D eigenvalue weighted by atomic mass is 19.1. The number of likely N-dealkylation sites (N-methyl/N-ethyl adjacent to an activating group) is 1. The van der Waals surface area contributed by atoms with E-state index in [-0.39, 0.29) is 0 Å². The van der Waals surface area contributed by atoms with Crippen LogP contribution in [0.15, 0.2) is 24.3 Å². The molecule has 1 atom stereocenters. The van der Waals surface area contributed by atoms with E-state index in [1.54, 1.807) is 0 Å². The Morgan fingerprint density at radius 1 is 1.29 bits per heavy atom. The van der Waals surface area contributed by atoms with Gasteiger partial charge in [-0.3, -0.25) is 14.5 Å². The van der Waals surface area contributed by atoms with Crippen LogP contribution in [0.5, 0.6) is 0 Å². The van der Waals surface area contributed by atoms with Crippen LogP contribution in [-0.2, 0) is 9.59 Å². The number of carboxylic acids is 2. The van der Waals surface area contributed by atoms with Gasteiger partial charge in [0, 0.05) is 0 Å². The number of nitrogens with zero attached hydrogens (tertiary/aromatic N) is 1. The van der Waals surface area contributed by atoms with Crippen molar-refractivity contribution < 1.29 is 24.2 Å². The van der Waals surface area contributed by atoms with Gasteiger partial charge in [-0.15, -0.1) is 0 Å². The van der Waals surface area contributed by atoms with E-state index in [0.29, 0.717) is 5.56 Å². The van der Waals surface area contributed by atoms with Gasteiger partial charge < -0.3 is 10.2 Å². The quantitative estimate of drug-likeness (QED) is 0.803. The zero-order chi connectivity index (χ0) is 13.0. The van der Waals surface area contributed by atoms with Crippen molar-refractivity contribution in [1.29, 1.82) is 0 Å². The summed E-state index contributed by atoms with van der Waals surface area (Å²) in [5, 5.41) is 17.7. The predicted octanol–water partition coefficient (Wildman–Crippen LogP) is 0.968. The number of benzene rings is 1. The second-order valence-electron chi connectivity index (χ2n) is 3.60. The fourth-order valence-electron chi connectivity index (χ4n) is 1.54. The average Bonchev–Trinajstić information content (AvgIpc) is 2.19. The van der Waals surface area contributed by atoms with Gasteiger partial charge in [0.25, 0.3) is 0 Å². The zero-order valence-corrected chi connectivity index (χ0v) is 9.13. The van der Waals surface area contributed by atoms with Crippen molar-refractivity contribution in [2.24, 2.45) is 0 Å². The number of carboxylic acid groups (broad SMARTS) is 2. The largest absolute Gasteiger partial charge is 0.480 e. The summed E-state index contributed by atoms with van der Waals surface area (Å²) in [5.74, 6) is -2.78. The number of aliphatic carboxylic acids is 2. The first-order valence-electron chi connectivity index (χ1n) is 4.82. The van der Waals surface area contributed by atoms with Crippen molar-refractivity contribution >= 4 is 11.9 Å². The molecule has 17 heavy (non-hydrogen) atoms. The molecule has 0 aromatic heterocycles. The summed E-state index contributed by atoms with van der Waals surface area (Å²) in [6, 6.07) is 3.82. The van der Waals surface area contributed by atoms with Gasteiger partial charge in [-0.25, -0.2) is 4.39 Å². The lowest BCUT2D eigenvalue weighted by molar-refractivity contribution is -0.145. The molecule has 1 rings (SSSR count). The van der Waals surface area contributed by atoms with E-state index in [4.69, 9.17) is 10.2 Å². The topological polar surface area (TPSA) is 77.8 Å². The maximum atomic E-state index is 12.7. The molecule has 0 aliphatic carbocycles. The molecule has 0 aliphatic rings. The van der Waals surface area contributed by atoms with Crippen LogP contribution in [0.25, 0.3) is 0 Å². The van der Waals surface area contributed by atoms with Crippen LogP contribution < -0.4 is 0 Å². The fourth-order valence-corrected chi connectivity index (χ4v) is 1.54. The lowest BCUT2D eigenvalue weighted by Crippen LogP contribution is -2.34. The number of carbonyl (C=O) groups is 2. The van der Waals surface area contributed by atoms with E-state index in [0.717, 1.165) is 17.0 Å². The van der Waals surface area contributed by atoms with Crippen LogP contribution >= 0.6 is 0 Å². The summed E-state index contributed by atoms with van der Waals surface area (Å²) in [5.41, 5.74) is 0.336. The molecule has 0 fully saturated rings. The Balaban J connectivity index is 2.96. The van der Waals surface area contributed by atoms with Crippen molar-refractivity contribution in [2.75, 3.05) is 13.6 Å². The number of hydrogen-bond donors (Lipinski definition) is 2. The third kappa shape index (κ3) is 3.53. The van der Waals surface area contributed by atoms with E-state index < -0.39 is 30.3 Å². The molecule has 0 heterocycles. The first-order chi connectivity index (χ1) is 7.91. The molecule has 5 nitrogen and oxygen atoms in total. The van der Waals surface area contributed by atoms with E-state index in [2.05, 4.69) is 0 Å². The summed E-state index contributed by atoms with van der Waals surface area (Å²) in [6.45, 7) is -0.408. The Labute approximate surface area is 97.1 Å². The molecule has 1 aromatic rings. The predicted molar refractivity (Wildman–Crippen MR) is 57.0 cm³/mol. The molecule has 0 radical (unpaired) electrons. The van der Waals surface area contributed by atoms with Crippen molar-refractivity contribution in [3.63, 3.8) is 0 Å². The molecule has 0 bridgehead atoms. The highest BCUT2D eigenvalue weighted by Crippen LogP contribution is 2.19. The van der Waals surface area contributed by atoms with Crippen molar-refractivity contribution in [2.45, 2.75) is 6.04 Å². The van der Waals surface area contributed by atoms with Crippen LogP contribution in [0.4, 0.5) is 4.39 Å². The molecule has 0 saturated carbocycles. The Morgan fingerprint density at radius 3 is 2.24 bits per heavy atom. The monoisotopic (exact) mass is 241 g/mol. The second kappa shape index (κ2) is 5.40. The summed E-state index contributed by atoms with van der Waals surface area (Å²) in [4.78, 5) is 22.8. The molecule has 1 unspecified atom stereocenters.